The van der Waals surface area contributed by atoms with Gasteiger partial charge in [-0.25, -0.2) is 4.58 Å². The summed E-state index contributed by atoms with van der Waals surface area (Å²) in [6.07, 6.45) is 15.7. The smallest absolute Gasteiger partial charge is 0.269 e. The third-order valence-corrected chi connectivity index (χ3v) is 14.6. The summed E-state index contributed by atoms with van der Waals surface area (Å²) in [6, 6.07) is 17.5. The Morgan fingerprint density at radius 1 is 0.841 bits per heavy atom. The topological polar surface area (TPSA) is 115 Å². The van der Waals surface area contributed by atoms with E-state index in [1.165, 1.54) is 51.1 Å². The molecular formula is C53H69N2O6S2+. The molecular weight excluding hydrogens is 825 g/mol. The highest BCUT2D eigenvalue weighted by molar-refractivity contribution is 7.86. The lowest BCUT2D eigenvalue weighted by Gasteiger charge is -2.39. The van der Waals surface area contributed by atoms with Gasteiger partial charge in [0.1, 0.15) is 18.1 Å². The average molecular weight is 894 g/mol. The van der Waals surface area contributed by atoms with Crippen molar-refractivity contribution in [3.05, 3.63) is 145 Å². The van der Waals surface area contributed by atoms with Crippen LogP contribution in [0.5, 0.6) is 0 Å². The van der Waals surface area contributed by atoms with Crippen LogP contribution in [0.1, 0.15) is 135 Å². The summed E-state index contributed by atoms with van der Waals surface area (Å²) in [4.78, 5) is 2.49. The molecule has 3 aromatic carbocycles. The molecule has 0 bridgehead atoms. The molecule has 0 spiro atoms. The number of aryl methyl sites for hydroxylation is 1. The fourth-order valence-electron chi connectivity index (χ4n) is 10.5. The number of rotatable bonds is 8. The highest BCUT2D eigenvalue weighted by Gasteiger charge is 2.38. The second kappa shape index (κ2) is 17.9. The summed E-state index contributed by atoms with van der Waals surface area (Å²) in [6.45, 7) is 28.6. The summed E-state index contributed by atoms with van der Waals surface area (Å²) >= 11 is 0. The predicted octanol–water partition coefficient (Wildman–Crippen LogP) is 9.62. The highest BCUT2D eigenvalue weighted by atomic mass is 32.2. The van der Waals surface area contributed by atoms with Crippen LogP contribution >= 0.6 is 0 Å². The van der Waals surface area contributed by atoms with E-state index < -0.39 is 20.2 Å². The predicted molar refractivity (Wildman–Crippen MR) is 263 cm³/mol. The highest BCUT2D eigenvalue weighted by Crippen LogP contribution is 2.48. The number of hydrogen-bond donors (Lipinski definition) is 2. The molecule has 5 aliphatic rings. The van der Waals surface area contributed by atoms with Gasteiger partial charge < -0.3 is 4.90 Å². The van der Waals surface area contributed by atoms with Crippen molar-refractivity contribution in [2.75, 3.05) is 36.0 Å². The number of anilines is 1. The molecule has 0 unspecified atom stereocenters. The molecule has 338 valence electrons. The van der Waals surface area contributed by atoms with Gasteiger partial charge >= 0.3 is 0 Å². The lowest BCUT2D eigenvalue weighted by molar-refractivity contribution is 0.401. The van der Waals surface area contributed by atoms with E-state index in [-0.39, 0.29) is 33.8 Å². The lowest BCUT2D eigenvalue weighted by Crippen LogP contribution is -2.50. The molecule has 0 radical (unpaired) electrons. The van der Waals surface area contributed by atoms with Crippen molar-refractivity contribution in [2.24, 2.45) is 5.92 Å². The Labute approximate surface area is 377 Å². The maximum absolute atomic E-state index is 11.7. The normalized spacial score (nSPS) is 19.0. The minimum atomic E-state index is -4.13. The molecule has 3 aliphatic carbocycles. The molecule has 8 rings (SSSR count). The number of hydrogen-bond acceptors (Lipinski definition) is 5. The summed E-state index contributed by atoms with van der Waals surface area (Å²) in [7, 11) is -8.22. The summed E-state index contributed by atoms with van der Waals surface area (Å²) < 4.78 is 68.1. The molecule has 2 aliphatic heterocycles. The Bertz CT molecular complexity index is 2830. The Morgan fingerprint density at radius 2 is 1.54 bits per heavy atom. The van der Waals surface area contributed by atoms with Gasteiger partial charge in [0.15, 0.2) is 5.54 Å². The van der Waals surface area contributed by atoms with Gasteiger partial charge in [0.2, 0.25) is 5.36 Å². The van der Waals surface area contributed by atoms with Crippen LogP contribution in [0.15, 0.2) is 95.1 Å². The van der Waals surface area contributed by atoms with Crippen molar-refractivity contribution < 1.29 is 25.9 Å². The van der Waals surface area contributed by atoms with E-state index in [1.807, 2.05) is 45.9 Å². The second-order valence-corrected chi connectivity index (χ2v) is 22.1. The van der Waals surface area contributed by atoms with E-state index in [0.29, 0.717) is 17.6 Å². The van der Waals surface area contributed by atoms with Crippen molar-refractivity contribution in [1.29, 1.82) is 0 Å². The van der Waals surface area contributed by atoms with Crippen LogP contribution in [0.4, 0.5) is 5.69 Å². The number of nitrogens with zero attached hydrogens (tertiary/aromatic N) is 2. The molecule has 0 saturated carbocycles. The lowest BCUT2D eigenvalue weighted by atomic mass is 9.66. The van der Waals surface area contributed by atoms with Crippen molar-refractivity contribution in [1.82, 2.24) is 4.58 Å². The fourth-order valence-corrected chi connectivity index (χ4v) is 11.8. The standard InChI is InChI=1S/C27H35NO3S.C24H27NO3S.C2H6/c1-6-28-11-7-8-20-14-22-15-21-13-19(23(12-18(2)3)17-32(29,30)31)9-10-24(21)27(4,5)25(22)16-26(20)28;1-6-25-22-13-21-17(11-16-9-7-8-10-20(16)24(21,4)5)12-19(22)18(14-23(25,2)3)15-29(26,27)28;1-2/h10,12-16,18H,6-9,11,17H2,1-5H3,(H,29,30,31);7-14H,6,15H2,1-5H3;1-2H3/p+1/b23-12-;;. The van der Waals surface area contributed by atoms with Gasteiger partial charge in [-0.15, -0.1) is 0 Å². The van der Waals surface area contributed by atoms with Gasteiger partial charge in [-0.2, -0.15) is 16.8 Å². The van der Waals surface area contributed by atoms with Gasteiger partial charge in [-0.1, -0.05) is 97.9 Å². The molecule has 2 heterocycles. The quantitative estimate of drug-likeness (QED) is 0.171. The van der Waals surface area contributed by atoms with Gasteiger partial charge in [-0.05, 0) is 142 Å². The molecule has 0 aromatic heterocycles. The van der Waals surface area contributed by atoms with Crippen molar-refractivity contribution in [2.45, 2.75) is 119 Å². The first kappa shape index (κ1) is 48.1. The molecule has 63 heavy (non-hydrogen) atoms. The zero-order chi connectivity index (χ0) is 46.4. The number of benzene rings is 3. The number of likely N-dealkylation sites (N-methyl/N-ethyl adjacent to an activating group) is 1. The maximum Gasteiger partial charge on any atom is 0.269 e. The molecule has 10 heteroatoms. The summed E-state index contributed by atoms with van der Waals surface area (Å²) in [5.74, 6) is -0.517. The van der Waals surface area contributed by atoms with E-state index in [9.17, 15) is 25.9 Å². The molecule has 2 N–H and O–H groups in total. The fraction of sp³-hybridized carbons (Fsp3) is 0.453. The van der Waals surface area contributed by atoms with Crippen LogP contribution in [-0.4, -0.2) is 62.6 Å². The Morgan fingerprint density at radius 3 is 2.17 bits per heavy atom. The first-order valence-corrected chi connectivity index (χ1v) is 25.9. The van der Waals surface area contributed by atoms with Gasteiger partial charge in [-0.3, -0.25) is 9.11 Å². The van der Waals surface area contributed by atoms with Crippen LogP contribution in [0.2, 0.25) is 0 Å². The van der Waals surface area contributed by atoms with Gasteiger partial charge in [0.05, 0.1) is 5.56 Å². The van der Waals surface area contributed by atoms with E-state index in [0.717, 1.165) is 53.3 Å². The van der Waals surface area contributed by atoms with Crippen molar-refractivity contribution in [3.63, 3.8) is 0 Å². The third kappa shape index (κ3) is 9.85. The molecule has 8 nitrogen and oxygen atoms in total. The van der Waals surface area contributed by atoms with Gasteiger partial charge in [0, 0.05) is 49.5 Å². The molecule has 0 amide bonds. The minimum absolute atomic E-state index is 0.127. The first-order valence-electron chi connectivity index (χ1n) is 22.7. The van der Waals surface area contributed by atoms with E-state index in [1.54, 1.807) is 0 Å². The van der Waals surface area contributed by atoms with E-state index in [4.69, 9.17) is 0 Å². The van der Waals surface area contributed by atoms with Crippen LogP contribution < -0.4 is 20.1 Å². The Kier molecular flexibility index (Phi) is 13.7. The second-order valence-electron chi connectivity index (χ2n) is 19.2. The maximum atomic E-state index is 11.7. The number of allylic oxidation sites excluding steroid dienone is 6. The van der Waals surface area contributed by atoms with Crippen LogP contribution in [0.3, 0.4) is 0 Å². The van der Waals surface area contributed by atoms with E-state index >= 15 is 0 Å². The van der Waals surface area contributed by atoms with Crippen LogP contribution in [0, 0.1) is 5.92 Å². The largest absolute Gasteiger partial charge is 0.372 e. The zero-order valence-corrected chi connectivity index (χ0v) is 41.2. The summed E-state index contributed by atoms with van der Waals surface area (Å²) in [5, 5.41) is 2.13. The first-order chi connectivity index (χ1) is 29.4. The van der Waals surface area contributed by atoms with Crippen LogP contribution in [0.25, 0.3) is 17.7 Å². The molecule has 3 aromatic rings. The SMILES string of the molecule is CC.CCN1CCCc2cc3c(cc21)C(C)(C)C1=CCC(/C(=C\C(C)C)CS(=O)(=O)O)=CC1=C3.CC[N+]1=c2cc3c(cc2C(CS(=O)(=O)O)=CC1(C)C)=Cc1ccccc1C3(C)C. The van der Waals surface area contributed by atoms with E-state index in [2.05, 4.69) is 132 Å². The van der Waals surface area contributed by atoms with Gasteiger partial charge in [0.25, 0.3) is 20.2 Å². The van der Waals surface area contributed by atoms with Crippen molar-refractivity contribution in [3.8, 4) is 0 Å². The molecule has 0 fully saturated rings. The van der Waals surface area contributed by atoms with Crippen molar-refractivity contribution >= 4 is 43.6 Å². The third-order valence-electron chi connectivity index (χ3n) is 13.3. The number of fused-ring (bicyclic) bond motifs is 6. The molecule has 0 saturated heterocycles. The Hall–Kier alpha value is -4.35. The minimum Gasteiger partial charge on any atom is -0.372 e. The zero-order valence-electron chi connectivity index (χ0n) is 39.6. The summed E-state index contributed by atoms with van der Waals surface area (Å²) in [5.41, 5.74) is 14.2. The molecule has 0 atom stereocenters. The van der Waals surface area contributed by atoms with Crippen LogP contribution in [-0.2, 0) is 37.5 Å². The average Bonchev–Trinajstić information content (AvgIpc) is 3.19. The Balaban J connectivity index is 0.000000203. The monoisotopic (exact) mass is 893 g/mol.